The molecule has 2 saturated heterocycles. The van der Waals surface area contributed by atoms with Gasteiger partial charge in [0.2, 0.25) is 6.29 Å². The molecule has 1 N–H and O–H groups in total. The minimum absolute atomic E-state index is 0.234. The van der Waals surface area contributed by atoms with Crippen LogP contribution in [0.25, 0.3) is 0 Å². The number of quaternary nitrogens is 1. The normalized spacial score (nSPS) is 35.1. The minimum Gasteiger partial charge on any atom is -0.384 e. The Hall–Kier alpha value is -1.02. The fraction of sp³-hybridized carbons (Fsp3) is 0.700. The van der Waals surface area contributed by atoms with E-state index >= 15 is 0 Å². The summed E-state index contributed by atoms with van der Waals surface area (Å²) in [6.07, 6.45) is -0.407. The van der Waals surface area contributed by atoms with Gasteiger partial charge in [0.1, 0.15) is 18.3 Å². The Kier molecular flexibility index (Phi) is 6.33. The molecule has 146 valence electrons. The van der Waals surface area contributed by atoms with Crippen molar-refractivity contribution in [2.75, 3.05) is 34.4 Å². The highest BCUT2D eigenvalue weighted by atomic mass is 16.7. The molecule has 6 heteroatoms. The van der Waals surface area contributed by atoms with E-state index in [0.29, 0.717) is 17.7 Å². The molecule has 6 atom stereocenters. The van der Waals surface area contributed by atoms with Gasteiger partial charge in [0.05, 0.1) is 27.7 Å². The molecule has 0 aromatic heterocycles. The summed E-state index contributed by atoms with van der Waals surface area (Å²) in [4.78, 5) is 0. The molecule has 2 aliphatic heterocycles. The van der Waals surface area contributed by atoms with Crippen LogP contribution in [-0.4, -0.2) is 74.6 Å². The Bertz CT molecular complexity index is 561. The largest absolute Gasteiger partial charge is 0.384 e. The monoisotopic (exact) mass is 366 g/mol. The van der Waals surface area contributed by atoms with Gasteiger partial charge in [-0.2, -0.15) is 0 Å². The fourth-order valence-corrected chi connectivity index (χ4v) is 3.66. The summed E-state index contributed by atoms with van der Waals surface area (Å²) < 4.78 is 24.7. The first-order chi connectivity index (χ1) is 12.4. The molecule has 2 fully saturated rings. The zero-order chi connectivity index (χ0) is 18.7. The zero-order valence-electron chi connectivity index (χ0n) is 16.2. The highest BCUT2D eigenvalue weighted by Crippen LogP contribution is 2.36. The van der Waals surface area contributed by atoms with E-state index in [1.54, 1.807) is 0 Å². The van der Waals surface area contributed by atoms with Crippen molar-refractivity contribution in [3.05, 3.63) is 35.9 Å². The molecule has 0 unspecified atom stereocenters. The van der Waals surface area contributed by atoms with Crippen LogP contribution in [0.15, 0.2) is 30.3 Å². The van der Waals surface area contributed by atoms with E-state index in [1.807, 2.05) is 51.5 Å². The second kappa shape index (κ2) is 8.33. The molecule has 0 amide bonds. The molecule has 2 heterocycles. The van der Waals surface area contributed by atoms with Gasteiger partial charge in [0.25, 0.3) is 0 Å². The lowest BCUT2D eigenvalue weighted by Crippen LogP contribution is -2.69. The minimum atomic E-state index is -0.699. The van der Waals surface area contributed by atoms with Crippen molar-refractivity contribution >= 4 is 0 Å². The molecular formula is C20H32NO5+. The van der Waals surface area contributed by atoms with E-state index in [1.165, 1.54) is 0 Å². The lowest BCUT2D eigenvalue weighted by molar-refractivity contribution is -0.910. The molecule has 2 aliphatic rings. The number of hydrogen-bond donors (Lipinski definition) is 1. The highest BCUT2D eigenvalue weighted by molar-refractivity contribution is 5.16. The Balaban J connectivity index is 1.75. The van der Waals surface area contributed by atoms with Crippen LogP contribution < -0.4 is 0 Å². The lowest BCUT2D eigenvalue weighted by atomic mass is 9.94. The maximum atomic E-state index is 11.1. The van der Waals surface area contributed by atoms with Crippen molar-refractivity contribution < 1.29 is 28.5 Å². The third-order valence-corrected chi connectivity index (χ3v) is 5.08. The first-order valence-electron chi connectivity index (χ1n) is 9.50. The van der Waals surface area contributed by atoms with Gasteiger partial charge in [-0.15, -0.1) is 0 Å². The van der Waals surface area contributed by atoms with Crippen LogP contribution in [0.2, 0.25) is 0 Å². The van der Waals surface area contributed by atoms with Gasteiger partial charge in [-0.3, -0.25) is 0 Å². The molecule has 6 nitrogen and oxygen atoms in total. The number of likely N-dealkylation sites (N-methyl/N-ethyl adjacent to an activating group) is 1. The molecule has 1 aromatic carbocycles. The third kappa shape index (κ3) is 4.27. The summed E-state index contributed by atoms with van der Waals surface area (Å²) in [5.41, 5.74) is 0.946. The smallest absolute Gasteiger partial charge is 0.213 e. The number of hydrogen-bond acceptors (Lipinski definition) is 5. The van der Waals surface area contributed by atoms with Crippen LogP contribution in [0.1, 0.15) is 31.6 Å². The van der Waals surface area contributed by atoms with Crippen LogP contribution in [-0.2, 0) is 18.9 Å². The predicted molar refractivity (Wildman–Crippen MR) is 97.4 cm³/mol. The van der Waals surface area contributed by atoms with E-state index in [9.17, 15) is 5.11 Å². The summed E-state index contributed by atoms with van der Waals surface area (Å²) in [6.45, 7) is 3.12. The number of nitrogens with zero attached hydrogens (tertiary/aromatic N) is 1. The number of aliphatic hydroxyl groups is 1. The average Bonchev–Trinajstić information content (AvgIpc) is 2.61. The second-order valence-electron chi connectivity index (χ2n) is 8.04. The van der Waals surface area contributed by atoms with Gasteiger partial charge in [-0.1, -0.05) is 43.7 Å². The van der Waals surface area contributed by atoms with Gasteiger partial charge in [0.15, 0.2) is 12.3 Å². The molecule has 1 aromatic rings. The maximum Gasteiger partial charge on any atom is 0.213 e. The first kappa shape index (κ1) is 19.7. The summed E-state index contributed by atoms with van der Waals surface area (Å²) >= 11 is 0. The van der Waals surface area contributed by atoms with Crippen molar-refractivity contribution in [3.63, 3.8) is 0 Å². The van der Waals surface area contributed by atoms with E-state index < -0.39 is 24.8 Å². The number of unbranched alkanes of at least 4 members (excludes halogenated alkanes) is 1. The SMILES string of the molecule is CCCCO[C@@H]1O[C@@H]2CO[C@H](c3ccccc3)O[C@@H]2[C@H](O)[C@@H]1[N+](C)(C)C. The summed E-state index contributed by atoms with van der Waals surface area (Å²) in [6, 6.07) is 9.56. The van der Waals surface area contributed by atoms with Crippen LogP contribution in [0.5, 0.6) is 0 Å². The fourth-order valence-electron chi connectivity index (χ4n) is 3.66. The van der Waals surface area contributed by atoms with Crippen molar-refractivity contribution in [3.8, 4) is 0 Å². The standard InChI is InChI=1S/C20H32NO5/c1-5-6-12-23-20-16(21(2,3)4)17(22)18-15(25-20)13-24-19(26-18)14-10-8-7-9-11-14/h7-11,15-20,22H,5-6,12-13H2,1-4H3/q+1/t15-,16+,17-,18+,19+,20-/m1/s1. The number of aliphatic hydroxyl groups excluding tert-OH is 1. The van der Waals surface area contributed by atoms with Gasteiger partial charge in [0, 0.05) is 12.2 Å². The van der Waals surface area contributed by atoms with Crippen LogP contribution in [0.3, 0.4) is 0 Å². The van der Waals surface area contributed by atoms with E-state index in [4.69, 9.17) is 18.9 Å². The summed E-state index contributed by atoms with van der Waals surface area (Å²) in [5, 5.41) is 11.1. The number of benzene rings is 1. The molecule has 0 aliphatic carbocycles. The van der Waals surface area contributed by atoms with Gasteiger partial charge >= 0.3 is 0 Å². The van der Waals surface area contributed by atoms with Gasteiger partial charge in [-0.05, 0) is 6.42 Å². The Morgan fingerprint density at radius 3 is 2.54 bits per heavy atom. The highest BCUT2D eigenvalue weighted by Gasteiger charge is 2.54. The molecule has 0 spiro atoms. The van der Waals surface area contributed by atoms with Crippen molar-refractivity contribution in [1.82, 2.24) is 0 Å². The molecule has 0 radical (unpaired) electrons. The van der Waals surface area contributed by atoms with Crippen molar-refractivity contribution in [2.45, 2.75) is 56.7 Å². The van der Waals surface area contributed by atoms with E-state index in [0.717, 1.165) is 18.4 Å². The molecule has 26 heavy (non-hydrogen) atoms. The van der Waals surface area contributed by atoms with Crippen LogP contribution in [0, 0.1) is 0 Å². The molecule has 0 saturated carbocycles. The molecule has 0 bridgehead atoms. The Labute approximate surface area is 156 Å². The first-order valence-corrected chi connectivity index (χ1v) is 9.50. The van der Waals surface area contributed by atoms with Crippen molar-refractivity contribution in [2.24, 2.45) is 0 Å². The van der Waals surface area contributed by atoms with Crippen molar-refractivity contribution in [1.29, 1.82) is 0 Å². The maximum absolute atomic E-state index is 11.1. The summed E-state index contributed by atoms with van der Waals surface area (Å²) in [7, 11) is 6.13. The topological polar surface area (TPSA) is 57.2 Å². The quantitative estimate of drug-likeness (QED) is 0.617. The Morgan fingerprint density at radius 2 is 1.88 bits per heavy atom. The van der Waals surface area contributed by atoms with E-state index in [2.05, 4.69) is 6.92 Å². The lowest BCUT2D eigenvalue weighted by Gasteiger charge is -2.51. The van der Waals surface area contributed by atoms with Gasteiger partial charge in [-0.25, -0.2) is 0 Å². The van der Waals surface area contributed by atoms with Crippen LogP contribution >= 0.6 is 0 Å². The molecular weight excluding hydrogens is 334 g/mol. The third-order valence-electron chi connectivity index (χ3n) is 5.08. The molecule has 3 rings (SSSR count). The van der Waals surface area contributed by atoms with E-state index in [-0.39, 0.29) is 12.1 Å². The number of ether oxygens (including phenoxy) is 4. The Morgan fingerprint density at radius 1 is 1.15 bits per heavy atom. The number of fused-ring (bicyclic) bond motifs is 1. The predicted octanol–water partition coefficient (Wildman–Crippen LogP) is 2.08. The zero-order valence-corrected chi connectivity index (χ0v) is 16.2. The van der Waals surface area contributed by atoms with Crippen LogP contribution in [0.4, 0.5) is 0 Å². The summed E-state index contributed by atoms with van der Waals surface area (Å²) in [5.74, 6) is 0. The number of rotatable bonds is 6. The average molecular weight is 366 g/mol. The second-order valence-corrected chi connectivity index (χ2v) is 8.04. The van der Waals surface area contributed by atoms with Gasteiger partial charge < -0.3 is 28.5 Å².